The molecule has 0 aliphatic carbocycles. The molecule has 0 spiro atoms. The van der Waals surface area contributed by atoms with Gasteiger partial charge >= 0.3 is 0 Å². The Morgan fingerprint density at radius 1 is 0.349 bits per heavy atom. The molecule has 0 fully saturated rings. The number of unbranched alkanes of at least 4 members (excludes halogenated alkanes) is 14. The van der Waals surface area contributed by atoms with E-state index in [-0.39, 0.29) is 32.4 Å². The van der Waals surface area contributed by atoms with Gasteiger partial charge in [0.25, 0.3) is 0 Å². The van der Waals surface area contributed by atoms with Gasteiger partial charge < -0.3 is 0 Å². The molecule has 12 heteroatoms. The van der Waals surface area contributed by atoms with E-state index in [0.717, 1.165) is 77.0 Å². The molecular weight excluding hydrogens is 869 g/mol. The van der Waals surface area contributed by atoms with Gasteiger partial charge in [-0.15, -0.1) is 5.73 Å². The van der Waals surface area contributed by atoms with Crippen LogP contribution in [0.3, 0.4) is 0 Å². The monoisotopic (exact) mass is 936 g/mol. The van der Waals surface area contributed by atoms with Crippen LogP contribution in [0.5, 0.6) is 0 Å². The van der Waals surface area contributed by atoms with E-state index in [9.17, 15) is 33.7 Å². The summed E-state index contributed by atoms with van der Waals surface area (Å²) in [4.78, 5) is -0.523. The Labute approximate surface area is 380 Å². The highest BCUT2D eigenvalue weighted by molar-refractivity contribution is 8.11. The van der Waals surface area contributed by atoms with E-state index < -0.39 is 60.3 Å². The van der Waals surface area contributed by atoms with E-state index >= 15 is 0 Å². The Bertz CT molecular complexity index is 2150. The normalized spacial score (nSPS) is 12.7. The third-order valence-electron chi connectivity index (χ3n) is 12.1. The van der Waals surface area contributed by atoms with Crippen LogP contribution in [0.25, 0.3) is 0 Å². The van der Waals surface area contributed by atoms with Crippen molar-refractivity contribution in [3.05, 3.63) is 139 Å². The van der Waals surface area contributed by atoms with Crippen LogP contribution in [0, 0.1) is 0 Å². The number of allylic oxidation sites excluding steroid dienone is 1. The molecule has 0 N–H and O–H groups in total. The second-order valence-corrected chi connectivity index (χ2v) is 26.1. The Balaban J connectivity index is 1.84. The van der Waals surface area contributed by atoms with Crippen LogP contribution >= 0.6 is 0 Å². The highest BCUT2D eigenvalue weighted by Gasteiger charge is 2.56. The molecule has 0 aliphatic rings. The van der Waals surface area contributed by atoms with Crippen LogP contribution in [0.15, 0.2) is 159 Å². The van der Waals surface area contributed by atoms with E-state index in [1.54, 1.807) is 72.8 Å². The molecular formula is C51H68O8S4. The van der Waals surface area contributed by atoms with Crippen molar-refractivity contribution in [2.45, 2.75) is 170 Å². The molecule has 4 aromatic rings. The van der Waals surface area contributed by atoms with Gasteiger partial charge in [-0.2, -0.15) is 0 Å². The van der Waals surface area contributed by atoms with E-state index in [2.05, 4.69) is 19.6 Å². The zero-order valence-electron chi connectivity index (χ0n) is 37.2. The highest BCUT2D eigenvalue weighted by atomic mass is 32.3. The maximum Gasteiger partial charge on any atom is 0.199 e. The first kappa shape index (κ1) is 51.8. The predicted molar refractivity (Wildman–Crippen MR) is 256 cm³/mol. The van der Waals surface area contributed by atoms with Crippen molar-refractivity contribution < 1.29 is 33.7 Å². The van der Waals surface area contributed by atoms with E-state index in [1.165, 1.54) is 60.7 Å². The summed E-state index contributed by atoms with van der Waals surface area (Å²) < 4.78 is 115. The van der Waals surface area contributed by atoms with Crippen molar-refractivity contribution in [1.29, 1.82) is 0 Å². The number of hydrogen-bond donors (Lipinski definition) is 0. The Morgan fingerprint density at radius 3 is 0.810 bits per heavy atom. The van der Waals surface area contributed by atoms with Crippen LogP contribution in [0.1, 0.15) is 142 Å². The zero-order valence-corrected chi connectivity index (χ0v) is 40.5. The standard InChI is InChI=1S/C51H68O8S4/c1-3-5-7-9-11-13-15-30-42-50(60(52,53)46-34-22-17-23-35-46,61(54,55)47-36-24-18-25-37-47)44-32-21-33-45-51(43-31-16-14-12-10-8-6-4-2,62(56,57)48-38-26-19-27-39-48)63(58,59)49-40-28-20-29-41-49/h17-20,22-29,32-41H,3-16,30-31,42-45H2,1-2H3. The summed E-state index contributed by atoms with van der Waals surface area (Å²) in [6.07, 6.45) is 15.6. The van der Waals surface area contributed by atoms with Crippen LogP contribution in [-0.2, 0) is 39.3 Å². The van der Waals surface area contributed by atoms with Crippen molar-refractivity contribution in [3.8, 4) is 0 Å². The van der Waals surface area contributed by atoms with Crippen LogP contribution < -0.4 is 0 Å². The Hall–Kier alpha value is -3.80. The molecule has 0 saturated heterocycles. The molecule has 0 saturated carbocycles. The first-order chi connectivity index (χ1) is 30.2. The van der Waals surface area contributed by atoms with Gasteiger partial charge in [-0.3, -0.25) is 0 Å². The minimum Gasteiger partial charge on any atom is -0.222 e. The molecule has 344 valence electrons. The summed E-state index contributed by atoms with van der Waals surface area (Å²) in [5.41, 5.74) is 2.94. The first-order valence-electron chi connectivity index (χ1n) is 22.8. The van der Waals surface area contributed by atoms with Gasteiger partial charge in [-0.05, 0) is 73.5 Å². The largest absolute Gasteiger partial charge is 0.222 e. The van der Waals surface area contributed by atoms with Crippen molar-refractivity contribution in [2.75, 3.05) is 0 Å². The van der Waals surface area contributed by atoms with Crippen molar-refractivity contribution in [3.63, 3.8) is 0 Å². The fourth-order valence-corrected chi connectivity index (χ4v) is 18.4. The van der Waals surface area contributed by atoms with Gasteiger partial charge in [-0.25, -0.2) is 33.7 Å². The zero-order chi connectivity index (χ0) is 45.7. The minimum atomic E-state index is -4.60. The first-order valence-corrected chi connectivity index (χ1v) is 28.8. The van der Waals surface area contributed by atoms with Gasteiger partial charge in [0.15, 0.2) is 47.5 Å². The second-order valence-electron chi connectivity index (χ2n) is 16.5. The molecule has 0 radical (unpaired) electrons. The number of sulfone groups is 4. The van der Waals surface area contributed by atoms with Gasteiger partial charge in [0.05, 0.1) is 19.6 Å². The minimum absolute atomic E-state index is 0.131. The Kier molecular flexibility index (Phi) is 20.6. The lowest BCUT2D eigenvalue weighted by atomic mass is 10.0. The van der Waals surface area contributed by atoms with Crippen LogP contribution in [0.4, 0.5) is 0 Å². The average Bonchev–Trinajstić information content (AvgIpc) is 3.30. The summed E-state index contributed by atoms with van der Waals surface area (Å²) in [5.74, 6) is 0. The number of rotatable bonds is 30. The number of benzene rings is 4. The summed E-state index contributed by atoms with van der Waals surface area (Å²) in [7, 11) is -18.4. The molecule has 0 amide bonds. The van der Waals surface area contributed by atoms with Crippen LogP contribution in [-0.4, -0.2) is 41.8 Å². The SMILES string of the molecule is CCCCCCCCCCC(CC=C=CCC(CCCCCCCCCC)(S(=O)(=O)c1ccccc1)S(=O)(=O)c1ccccc1)(S(=O)(=O)c1ccccc1)S(=O)(=O)c1ccccc1. The molecule has 8 nitrogen and oxygen atoms in total. The van der Waals surface area contributed by atoms with Crippen molar-refractivity contribution >= 4 is 39.3 Å². The van der Waals surface area contributed by atoms with Gasteiger partial charge in [0.1, 0.15) is 0 Å². The van der Waals surface area contributed by atoms with Crippen molar-refractivity contribution in [1.82, 2.24) is 0 Å². The number of hydrogen-bond acceptors (Lipinski definition) is 8. The summed E-state index contributed by atoms with van der Waals surface area (Å²) >= 11 is 0. The molecule has 0 aliphatic heterocycles. The molecule has 0 atom stereocenters. The molecule has 0 unspecified atom stereocenters. The topological polar surface area (TPSA) is 137 Å². The average molecular weight is 937 g/mol. The third-order valence-corrected chi connectivity index (χ3v) is 23.7. The smallest absolute Gasteiger partial charge is 0.199 e. The summed E-state index contributed by atoms with van der Waals surface area (Å²) in [6, 6.07) is 30.4. The lowest BCUT2D eigenvalue weighted by Gasteiger charge is -2.33. The van der Waals surface area contributed by atoms with Gasteiger partial charge in [0, 0.05) is 12.8 Å². The molecule has 0 bridgehead atoms. The summed E-state index contributed by atoms with van der Waals surface area (Å²) in [6.45, 7) is 4.30. The maximum atomic E-state index is 15.0. The summed E-state index contributed by atoms with van der Waals surface area (Å²) in [5, 5.41) is 0. The lowest BCUT2D eigenvalue weighted by Crippen LogP contribution is -2.46. The molecule has 4 aromatic carbocycles. The highest BCUT2D eigenvalue weighted by Crippen LogP contribution is 2.45. The lowest BCUT2D eigenvalue weighted by molar-refractivity contribution is 0.498. The third kappa shape index (κ3) is 12.7. The molecule has 4 rings (SSSR count). The van der Waals surface area contributed by atoms with Gasteiger partial charge in [0.2, 0.25) is 0 Å². The quantitative estimate of drug-likeness (QED) is 0.0372. The second kappa shape index (κ2) is 25.0. The molecule has 63 heavy (non-hydrogen) atoms. The van der Waals surface area contributed by atoms with E-state index in [4.69, 9.17) is 0 Å². The maximum absolute atomic E-state index is 15.0. The Morgan fingerprint density at radius 2 is 0.571 bits per heavy atom. The predicted octanol–water partition coefficient (Wildman–Crippen LogP) is 12.8. The van der Waals surface area contributed by atoms with E-state index in [1.807, 2.05) is 0 Å². The molecule has 0 aromatic heterocycles. The van der Waals surface area contributed by atoms with E-state index in [0.29, 0.717) is 25.7 Å². The van der Waals surface area contributed by atoms with Crippen molar-refractivity contribution in [2.24, 2.45) is 0 Å². The van der Waals surface area contributed by atoms with Gasteiger partial charge in [-0.1, -0.05) is 189 Å². The fraction of sp³-hybridized carbons (Fsp3) is 0.471. The molecule has 0 heterocycles. The fourth-order valence-electron chi connectivity index (χ4n) is 8.30. The van der Waals surface area contributed by atoms with Crippen LogP contribution in [0.2, 0.25) is 0 Å².